The molecule has 0 saturated heterocycles. The van der Waals surface area contributed by atoms with Gasteiger partial charge in [-0.15, -0.1) is 0 Å². The summed E-state index contributed by atoms with van der Waals surface area (Å²) in [6.07, 6.45) is 4.72. The van der Waals surface area contributed by atoms with E-state index in [2.05, 4.69) is 5.32 Å². The average molecular weight is 503 g/mol. The largest absolute Gasteiger partial charge is 0.503 e. The van der Waals surface area contributed by atoms with Crippen LogP contribution in [0.2, 0.25) is 0 Å². The third kappa shape index (κ3) is 6.27. The molecule has 0 atom stereocenters. The van der Waals surface area contributed by atoms with Gasteiger partial charge in [0.05, 0.1) is 10.3 Å². The number of aromatic nitrogens is 2. The van der Waals surface area contributed by atoms with E-state index in [4.69, 9.17) is 34.4 Å². The van der Waals surface area contributed by atoms with Crippen LogP contribution in [0.5, 0.6) is 11.5 Å². The predicted octanol–water partition coefficient (Wildman–Crippen LogP) is 5.30. The number of nitrogens with one attached hydrogen (secondary N) is 1. The van der Waals surface area contributed by atoms with Crippen LogP contribution in [0.25, 0.3) is 10.2 Å². The molecule has 0 unspecified atom stereocenters. The summed E-state index contributed by atoms with van der Waals surface area (Å²) in [4.78, 5) is 29.7. The van der Waals surface area contributed by atoms with Crippen molar-refractivity contribution in [1.82, 2.24) is 9.97 Å². The molecule has 5 rings (SSSR count). The van der Waals surface area contributed by atoms with Crippen LogP contribution in [-0.4, -0.2) is 51.0 Å². The maximum Gasteiger partial charge on any atom is 0.503 e. The number of hydrogen-bond acceptors (Lipinski definition) is 9. The van der Waals surface area contributed by atoms with E-state index in [0.717, 1.165) is 58.9 Å². The van der Waals surface area contributed by atoms with Gasteiger partial charge < -0.3 is 25.0 Å². The second kappa shape index (κ2) is 11.2. The first-order valence-corrected chi connectivity index (χ1v) is 12.2. The Hall–Kier alpha value is -3.67. The molecule has 11 nitrogen and oxygen atoms in total. The quantitative estimate of drug-likeness (QED) is 0.298. The molecular formula is C23H26N4O7S. The fraction of sp³-hybridized carbons (Fsp3) is 0.435. The molecular weight excluding hydrogens is 476 g/mol. The highest BCUT2D eigenvalue weighted by atomic mass is 32.1. The first-order chi connectivity index (χ1) is 16.9. The molecule has 3 N–H and O–H groups in total. The van der Waals surface area contributed by atoms with Gasteiger partial charge in [-0.05, 0) is 48.3 Å². The number of thiophene rings is 1. The zero-order chi connectivity index (χ0) is 24.8. The number of carbonyl (C=O) groups is 1. The van der Waals surface area contributed by atoms with E-state index in [-0.39, 0.29) is 9.92 Å². The molecule has 0 spiro atoms. The minimum atomic E-state index is -1.83. The lowest BCUT2D eigenvalue weighted by molar-refractivity contribution is -0.380. The fourth-order valence-corrected chi connectivity index (χ4v) is 5.12. The van der Waals surface area contributed by atoms with Gasteiger partial charge in [0, 0.05) is 18.5 Å². The van der Waals surface area contributed by atoms with E-state index in [9.17, 15) is 10.1 Å². The van der Waals surface area contributed by atoms with Crippen LogP contribution in [0.15, 0.2) is 24.3 Å². The number of anilines is 1. The van der Waals surface area contributed by atoms with E-state index < -0.39 is 6.16 Å². The standard InChI is InChI=1S/C22H24N4O4S.CH2O3/c27-26(28)19-13-16-21(24-20(25-22(16)31-19)15-4-2-1-3-5-15)23-9-8-14-6-7-17-18(12-14)30-11-10-29-17;2-1(3)4/h6-7,12-13,15H,1-5,8-11H2,(H,23,24,25);(H2,2,3,4). The van der Waals surface area contributed by atoms with Gasteiger partial charge in [-0.3, -0.25) is 10.1 Å². The maximum absolute atomic E-state index is 11.3. The van der Waals surface area contributed by atoms with Gasteiger partial charge in [0.1, 0.15) is 29.7 Å². The third-order valence-electron chi connectivity index (χ3n) is 5.86. The van der Waals surface area contributed by atoms with E-state index in [1.54, 1.807) is 6.07 Å². The first-order valence-electron chi connectivity index (χ1n) is 11.4. The second-order valence-corrected chi connectivity index (χ2v) is 9.27. The molecule has 1 aliphatic heterocycles. The SMILES string of the molecule is O=C(O)O.O=[N+]([O-])c1cc2c(NCCc3ccc4c(c3)OCCO4)nc(C3CCCCC3)nc2s1. The van der Waals surface area contributed by atoms with Crippen LogP contribution in [-0.2, 0) is 6.42 Å². The van der Waals surface area contributed by atoms with Crippen molar-refractivity contribution < 1.29 is 29.4 Å². The van der Waals surface area contributed by atoms with Crippen LogP contribution in [0.1, 0.15) is 49.4 Å². The lowest BCUT2D eigenvalue weighted by Gasteiger charge is -2.21. The Labute approximate surface area is 204 Å². The van der Waals surface area contributed by atoms with Crippen molar-refractivity contribution in [3.05, 3.63) is 45.8 Å². The fourth-order valence-electron chi connectivity index (χ4n) is 4.26. The highest BCUT2D eigenvalue weighted by Gasteiger charge is 2.23. The molecule has 186 valence electrons. The Morgan fingerprint density at radius 3 is 2.54 bits per heavy atom. The van der Waals surface area contributed by atoms with Gasteiger partial charge in [-0.25, -0.2) is 14.8 Å². The number of benzene rings is 1. The highest BCUT2D eigenvalue weighted by Crippen LogP contribution is 2.37. The summed E-state index contributed by atoms with van der Waals surface area (Å²) >= 11 is 1.12. The van der Waals surface area contributed by atoms with Crippen LogP contribution in [0.3, 0.4) is 0 Å². The smallest absolute Gasteiger partial charge is 0.486 e. The van der Waals surface area contributed by atoms with Crippen molar-refractivity contribution in [3.8, 4) is 11.5 Å². The molecule has 12 heteroatoms. The van der Waals surface area contributed by atoms with Crippen molar-refractivity contribution >= 4 is 38.5 Å². The normalized spacial score (nSPS) is 15.2. The van der Waals surface area contributed by atoms with Crippen LogP contribution < -0.4 is 14.8 Å². The Balaban J connectivity index is 0.000000672. The minimum absolute atomic E-state index is 0.0972. The van der Waals surface area contributed by atoms with Gasteiger partial charge in [-0.2, -0.15) is 0 Å². The van der Waals surface area contributed by atoms with E-state index in [1.165, 1.54) is 19.3 Å². The molecule has 1 aromatic carbocycles. The monoisotopic (exact) mass is 502 g/mol. The molecule has 1 aliphatic carbocycles. The van der Waals surface area contributed by atoms with Gasteiger partial charge in [-0.1, -0.05) is 25.3 Å². The summed E-state index contributed by atoms with van der Waals surface area (Å²) in [5.74, 6) is 3.39. The lowest BCUT2D eigenvalue weighted by Crippen LogP contribution is -2.15. The first kappa shape index (κ1) is 24.5. The van der Waals surface area contributed by atoms with Gasteiger partial charge in [0.2, 0.25) is 0 Å². The summed E-state index contributed by atoms with van der Waals surface area (Å²) < 4.78 is 11.2. The predicted molar refractivity (Wildman–Crippen MR) is 130 cm³/mol. The van der Waals surface area contributed by atoms with Crippen LogP contribution in [0.4, 0.5) is 15.6 Å². The number of nitro groups is 1. The lowest BCUT2D eigenvalue weighted by atomic mass is 9.89. The van der Waals surface area contributed by atoms with Crippen molar-refractivity contribution in [1.29, 1.82) is 0 Å². The molecule has 2 aromatic heterocycles. The highest BCUT2D eigenvalue weighted by molar-refractivity contribution is 7.21. The number of nitrogens with zero attached hydrogens (tertiary/aromatic N) is 3. The van der Waals surface area contributed by atoms with Crippen LogP contribution >= 0.6 is 11.3 Å². The number of rotatable bonds is 6. The molecule has 0 amide bonds. The summed E-state index contributed by atoms with van der Waals surface area (Å²) in [5.41, 5.74) is 1.13. The Morgan fingerprint density at radius 2 is 1.83 bits per heavy atom. The Kier molecular flexibility index (Phi) is 7.80. The van der Waals surface area contributed by atoms with E-state index >= 15 is 0 Å². The summed E-state index contributed by atoms with van der Waals surface area (Å²) in [7, 11) is 0. The molecule has 3 heterocycles. The maximum atomic E-state index is 11.3. The zero-order valence-corrected chi connectivity index (χ0v) is 19.8. The van der Waals surface area contributed by atoms with Crippen molar-refractivity contribution in [3.63, 3.8) is 0 Å². The molecule has 35 heavy (non-hydrogen) atoms. The number of ether oxygens (including phenoxy) is 2. The van der Waals surface area contributed by atoms with E-state index in [0.29, 0.717) is 36.3 Å². The van der Waals surface area contributed by atoms with Crippen LogP contribution in [0, 0.1) is 10.1 Å². The second-order valence-electron chi connectivity index (χ2n) is 8.26. The van der Waals surface area contributed by atoms with E-state index in [1.807, 2.05) is 18.2 Å². The van der Waals surface area contributed by atoms with Gasteiger partial charge in [0.15, 0.2) is 11.5 Å². The molecule has 3 aromatic rings. The molecule has 1 saturated carbocycles. The molecule has 0 bridgehead atoms. The minimum Gasteiger partial charge on any atom is -0.486 e. The van der Waals surface area contributed by atoms with Gasteiger partial charge >= 0.3 is 11.2 Å². The van der Waals surface area contributed by atoms with Gasteiger partial charge in [0.25, 0.3) is 0 Å². The Bertz CT molecular complexity index is 1210. The number of carboxylic acid groups (broad SMARTS) is 2. The summed E-state index contributed by atoms with van der Waals surface area (Å²) in [6, 6.07) is 7.56. The number of hydrogen-bond donors (Lipinski definition) is 3. The van der Waals surface area contributed by atoms with Crippen molar-refractivity contribution in [2.45, 2.75) is 44.4 Å². The molecule has 2 aliphatic rings. The molecule has 1 fully saturated rings. The number of fused-ring (bicyclic) bond motifs is 2. The topological polar surface area (TPSA) is 157 Å². The van der Waals surface area contributed by atoms with Crippen molar-refractivity contribution in [2.24, 2.45) is 0 Å². The summed E-state index contributed by atoms with van der Waals surface area (Å²) in [6.45, 7) is 1.79. The summed E-state index contributed by atoms with van der Waals surface area (Å²) in [5, 5.41) is 29.5. The zero-order valence-electron chi connectivity index (χ0n) is 18.9. The molecule has 0 radical (unpaired) electrons. The van der Waals surface area contributed by atoms with Crippen molar-refractivity contribution in [2.75, 3.05) is 25.1 Å². The Morgan fingerprint density at radius 1 is 1.11 bits per heavy atom. The third-order valence-corrected chi connectivity index (χ3v) is 6.84. The average Bonchev–Trinajstić information content (AvgIpc) is 3.29.